The van der Waals surface area contributed by atoms with Gasteiger partial charge in [-0.2, -0.15) is 0 Å². The Morgan fingerprint density at radius 1 is 1.12 bits per heavy atom. The number of methoxy groups -OCH3 is 1. The summed E-state index contributed by atoms with van der Waals surface area (Å²) in [5, 5.41) is 0.455. The molecular formula is C42H58ClN3O4S. The second kappa shape index (κ2) is 14.7. The molecule has 2 fully saturated rings. The molecule has 2 bridgehead atoms. The van der Waals surface area contributed by atoms with Gasteiger partial charge in [0.05, 0.1) is 27.6 Å². The fraction of sp³-hybridized carbons (Fsp3) is 0.619. The molecule has 7 nitrogen and oxygen atoms in total. The fourth-order valence-corrected chi connectivity index (χ4v) is 11.6. The third-order valence-corrected chi connectivity index (χ3v) is 16.0. The van der Waals surface area contributed by atoms with Crippen molar-refractivity contribution in [2.75, 3.05) is 45.3 Å². The zero-order valence-corrected chi connectivity index (χ0v) is 32.7. The lowest BCUT2D eigenvalue weighted by molar-refractivity contribution is -0.0839. The number of nitrogens with one attached hydrogen (secondary N) is 1. The smallest absolute Gasteiger partial charge is 0.262 e. The van der Waals surface area contributed by atoms with Gasteiger partial charge in [0.1, 0.15) is 5.75 Å². The summed E-state index contributed by atoms with van der Waals surface area (Å²) in [6.07, 6.45) is 16.8. The minimum absolute atomic E-state index is 0.0488. The van der Waals surface area contributed by atoms with E-state index < -0.39 is 15.3 Å². The number of aryl methyl sites for hydroxylation is 1. The molecule has 2 aliphatic heterocycles. The molecule has 9 heteroatoms. The van der Waals surface area contributed by atoms with Crippen molar-refractivity contribution >= 4 is 38.8 Å². The van der Waals surface area contributed by atoms with Crippen molar-refractivity contribution in [1.82, 2.24) is 9.62 Å². The molecule has 2 heterocycles. The molecule has 7 rings (SSSR count). The molecule has 2 aromatic rings. The molecule has 278 valence electrons. The minimum atomic E-state index is -2.94. The highest BCUT2D eigenvalue weighted by Gasteiger charge is 2.49. The molecule has 1 amide bonds. The molecule has 7 atom stereocenters. The Kier molecular flexibility index (Phi) is 10.6. The molecule has 2 saturated carbocycles. The van der Waals surface area contributed by atoms with Crippen LogP contribution in [-0.2, 0) is 26.3 Å². The number of nitrogens with zero attached hydrogens (tertiary/aromatic N) is 2. The predicted molar refractivity (Wildman–Crippen MR) is 211 cm³/mol. The number of fused-ring (bicyclic) bond motifs is 4. The molecule has 0 radical (unpaired) electrons. The van der Waals surface area contributed by atoms with Crippen LogP contribution in [-0.4, -0.2) is 78.2 Å². The van der Waals surface area contributed by atoms with E-state index in [1.807, 2.05) is 32.2 Å². The number of carbonyl (C=O) groups excluding carboxylic acids is 1. The van der Waals surface area contributed by atoms with Crippen LogP contribution in [0, 0.1) is 17.8 Å². The standard InChI is InChI=1S/C42H58ClN3O4S/c1-29-10-8-21-42(49-4,22-23-45(3)35-12-6-7-13-35)37-17-14-33(37)26-46-27-41(20-9-11-31-24-34(43)16-18-36(31)41)28-50-39-19-15-32(25-38(39)46)40(47)44-51(5,48)30(29)2/h8,15-16,18-19,21,24-25,29-30,33,35,37H,5-7,9-14,17,20,22-23,26-28H2,1-4H3,(H,44,47,48)/b21-8+/t29-,30+,33-,37+,41-,42+,51?/m0/s1. The van der Waals surface area contributed by atoms with Crippen molar-refractivity contribution in [3.63, 3.8) is 0 Å². The molecular weight excluding hydrogens is 678 g/mol. The van der Waals surface area contributed by atoms with E-state index in [0.717, 1.165) is 81.0 Å². The summed E-state index contributed by atoms with van der Waals surface area (Å²) in [5.74, 6) is 5.30. The molecule has 1 N–H and O–H groups in total. The summed E-state index contributed by atoms with van der Waals surface area (Å²) < 4.78 is 30.3. The Labute approximate surface area is 311 Å². The van der Waals surface area contributed by atoms with Crippen LogP contribution in [0.3, 0.4) is 0 Å². The van der Waals surface area contributed by atoms with Gasteiger partial charge in [-0.05, 0) is 137 Å². The average Bonchev–Trinajstić information content (AvgIpc) is 3.60. The summed E-state index contributed by atoms with van der Waals surface area (Å²) in [4.78, 5) is 18.9. The lowest BCUT2D eigenvalue weighted by Crippen LogP contribution is -2.54. The maximum absolute atomic E-state index is 14.0. The SMILES string of the molecule is C=S1(=O)NC(=O)c2ccc3c(c2)N(C[C@@H]2CC[C@H]2[C@@](CCN(C)C2CCCC2)(OC)/C=C/C[C@H](C)[C@H]1C)C[C@@]1(CCCc2cc(Cl)ccc21)CO3. The third kappa shape index (κ3) is 7.24. The Bertz CT molecular complexity index is 1740. The molecule has 5 aliphatic rings. The van der Waals surface area contributed by atoms with Crippen LogP contribution >= 0.6 is 11.6 Å². The van der Waals surface area contributed by atoms with Gasteiger partial charge in [-0.15, -0.1) is 0 Å². The van der Waals surface area contributed by atoms with E-state index in [1.54, 1.807) is 6.07 Å². The van der Waals surface area contributed by atoms with Gasteiger partial charge in [0.2, 0.25) is 0 Å². The minimum Gasteiger partial charge on any atom is -0.490 e. The lowest BCUT2D eigenvalue weighted by Gasteiger charge is -2.51. The highest BCUT2D eigenvalue weighted by molar-refractivity contribution is 7.99. The first kappa shape index (κ1) is 36.8. The van der Waals surface area contributed by atoms with E-state index in [4.69, 9.17) is 21.1 Å². The van der Waals surface area contributed by atoms with Gasteiger partial charge < -0.3 is 19.3 Å². The molecule has 0 aromatic heterocycles. The fourth-order valence-electron chi connectivity index (χ4n) is 9.92. The van der Waals surface area contributed by atoms with Gasteiger partial charge in [-0.3, -0.25) is 9.52 Å². The maximum atomic E-state index is 14.0. The number of hydrogen-bond acceptors (Lipinski definition) is 6. The van der Waals surface area contributed by atoms with Crippen molar-refractivity contribution in [1.29, 1.82) is 0 Å². The zero-order valence-electron chi connectivity index (χ0n) is 31.1. The molecule has 1 unspecified atom stereocenters. The van der Waals surface area contributed by atoms with E-state index >= 15 is 0 Å². The molecule has 0 saturated heterocycles. The number of halogens is 1. The topological polar surface area (TPSA) is 71.1 Å². The summed E-state index contributed by atoms with van der Waals surface area (Å²) in [6.45, 7) is 7.22. The first-order valence-electron chi connectivity index (χ1n) is 19.4. The van der Waals surface area contributed by atoms with Gasteiger partial charge >= 0.3 is 0 Å². The third-order valence-electron chi connectivity index (χ3n) is 13.6. The first-order chi connectivity index (χ1) is 24.4. The first-order valence-corrected chi connectivity index (χ1v) is 21.5. The summed E-state index contributed by atoms with van der Waals surface area (Å²) in [7, 11) is 1.26. The van der Waals surface area contributed by atoms with Gasteiger partial charge in [0.25, 0.3) is 5.91 Å². The number of rotatable bonds is 5. The number of benzene rings is 2. The number of carbonyl (C=O) groups is 1. The Morgan fingerprint density at radius 2 is 1.92 bits per heavy atom. The van der Waals surface area contributed by atoms with E-state index in [9.17, 15) is 9.00 Å². The zero-order chi connectivity index (χ0) is 36.0. The van der Waals surface area contributed by atoms with Gasteiger partial charge in [-0.1, -0.05) is 49.6 Å². The van der Waals surface area contributed by atoms with Crippen molar-refractivity contribution in [2.24, 2.45) is 17.8 Å². The molecule has 3 aliphatic carbocycles. The highest BCUT2D eigenvalue weighted by atomic mass is 35.5. The Hall–Kier alpha value is -2.52. The van der Waals surface area contributed by atoms with Crippen molar-refractivity contribution in [3.05, 3.63) is 70.3 Å². The normalized spacial score (nSPS) is 34.9. The summed E-state index contributed by atoms with van der Waals surface area (Å²) in [6, 6.07) is 12.7. The highest BCUT2D eigenvalue weighted by Crippen LogP contribution is 2.50. The Morgan fingerprint density at radius 3 is 2.67 bits per heavy atom. The number of anilines is 1. The van der Waals surface area contributed by atoms with Crippen LogP contribution < -0.4 is 14.4 Å². The van der Waals surface area contributed by atoms with Crippen LogP contribution in [0.1, 0.15) is 99.5 Å². The average molecular weight is 736 g/mol. The number of amides is 1. The monoisotopic (exact) mass is 735 g/mol. The van der Waals surface area contributed by atoms with Crippen molar-refractivity contribution in [2.45, 2.75) is 107 Å². The van der Waals surface area contributed by atoms with Crippen LogP contribution in [0.4, 0.5) is 5.69 Å². The van der Waals surface area contributed by atoms with Gasteiger partial charge in [0.15, 0.2) is 0 Å². The second-order valence-electron chi connectivity index (χ2n) is 16.5. The summed E-state index contributed by atoms with van der Waals surface area (Å²) >= 11 is 6.51. The largest absolute Gasteiger partial charge is 0.490 e. The van der Waals surface area contributed by atoms with Crippen LogP contribution in [0.25, 0.3) is 0 Å². The van der Waals surface area contributed by atoms with E-state index in [2.05, 4.69) is 58.6 Å². The van der Waals surface area contributed by atoms with Crippen molar-refractivity contribution in [3.8, 4) is 5.75 Å². The lowest BCUT2D eigenvalue weighted by atomic mass is 9.62. The van der Waals surface area contributed by atoms with Gasteiger partial charge in [0, 0.05) is 54.0 Å². The van der Waals surface area contributed by atoms with E-state index in [-0.39, 0.29) is 22.5 Å². The quantitative estimate of drug-likeness (QED) is 0.250. The van der Waals surface area contributed by atoms with Crippen molar-refractivity contribution < 1.29 is 18.5 Å². The Balaban J connectivity index is 1.29. The second-order valence-corrected chi connectivity index (χ2v) is 19.4. The van der Waals surface area contributed by atoms with Crippen LogP contribution in [0.2, 0.25) is 5.02 Å². The molecule has 2 aromatic carbocycles. The summed E-state index contributed by atoms with van der Waals surface area (Å²) in [5.41, 5.74) is 3.41. The van der Waals surface area contributed by atoms with E-state index in [1.165, 1.54) is 36.8 Å². The number of ether oxygens (including phenoxy) is 2. The van der Waals surface area contributed by atoms with Gasteiger partial charge in [-0.25, -0.2) is 4.21 Å². The van der Waals surface area contributed by atoms with Crippen LogP contribution in [0.5, 0.6) is 5.75 Å². The molecule has 1 spiro atoms. The van der Waals surface area contributed by atoms with Crippen LogP contribution in [0.15, 0.2) is 48.6 Å². The number of hydrogen-bond donors (Lipinski definition) is 1. The molecule has 51 heavy (non-hydrogen) atoms. The number of allylic oxidation sites excluding steroid dienone is 1. The van der Waals surface area contributed by atoms with E-state index in [0.29, 0.717) is 30.0 Å². The maximum Gasteiger partial charge on any atom is 0.262 e. The predicted octanol–water partition coefficient (Wildman–Crippen LogP) is 7.83.